The van der Waals surface area contributed by atoms with Gasteiger partial charge in [0.1, 0.15) is 11.1 Å². The van der Waals surface area contributed by atoms with Crippen LogP contribution in [0.1, 0.15) is 271 Å². The van der Waals surface area contributed by atoms with Crippen molar-refractivity contribution >= 4 is 22.9 Å². The van der Waals surface area contributed by atoms with Gasteiger partial charge in [0.2, 0.25) is 11.6 Å². The zero-order valence-corrected chi connectivity index (χ0v) is 57.2. The van der Waals surface area contributed by atoms with Crippen LogP contribution in [0.2, 0.25) is 0 Å². The quantitative estimate of drug-likeness (QED) is 0.159. The van der Waals surface area contributed by atoms with Crippen molar-refractivity contribution in [2.75, 3.05) is 0 Å². The second-order valence-electron chi connectivity index (χ2n) is 24.8. The molecule has 4 unspecified atom stereocenters. The first kappa shape index (κ1) is 70.9. The third kappa shape index (κ3) is 13.6. The van der Waals surface area contributed by atoms with Crippen LogP contribution in [0.3, 0.4) is 0 Å². The highest BCUT2D eigenvalue weighted by atomic mass is 16.2. The number of nitrogens with one attached hydrogen (secondary N) is 2. The minimum Gasteiger partial charge on any atom is -0.299 e. The van der Waals surface area contributed by atoms with Gasteiger partial charge in [0.15, 0.2) is 5.78 Å². The standard InChI is InChI=1S/C22H30N2O.C21H28N2O2.C21H26N2O2.4C2H6/c1-12-14(3)22(6,7)11-17-9-10-18(13(2)19(12)17)21(25)20-15(4)23-24(8)16(20)5;2*1-11-13(3)21(5,6)10-15-8-9-16(12(2)17(11)15)19(24)18-14(4)22-23(7)20(18)25;4*1-2/h9-10,12,14H,11H2,1-8H3;8-9,11,13,22H,10H2,1-7H3;8-9,22H,10H2,1-7H3;4*1-2H3. The molecule has 4 atom stereocenters. The molecule has 9 rings (SSSR count). The van der Waals surface area contributed by atoms with Gasteiger partial charge < -0.3 is 0 Å². The molecule has 3 aromatic carbocycles. The number of H-pyrrole nitrogens is 2. The van der Waals surface area contributed by atoms with E-state index in [2.05, 4.69) is 124 Å². The van der Waals surface area contributed by atoms with Gasteiger partial charge in [-0.3, -0.25) is 48.2 Å². The molecule has 11 heteroatoms. The van der Waals surface area contributed by atoms with E-state index in [0.29, 0.717) is 51.6 Å². The number of nitrogens with zero attached hydrogens (tertiary/aromatic N) is 4. The lowest BCUT2D eigenvalue weighted by molar-refractivity contribution is 0.102. The van der Waals surface area contributed by atoms with E-state index in [1.807, 2.05) is 108 Å². The van der Waals surface area contributed by atoms with E-state index in [9.17, 15) is 24.0 Å². The van der Waals surface area contributed by atoms with Crippen LogP contribution in [-0.2, 0) is 40.4 Å². The van der Waals surface area contributed by atoms with Gasteiger partial charge >= 0.3 is 0 Å². The van der Waals surface area contributed by atoms with Crippen molar-refractivity contribution in [1.82, 2.24) is 29.3 Å². The summed E-state index contributed by atoms with van der Waals surface area (Å²) in [6, 6.07) is 12.1. The molecule has 0 amide bonds. The average Bonchev–Trinajstić information content (AvgIpc) is 4.15. The number of ketones is 3. The highest BCUT2D eigenvalue weighted by molar-refractivity contribution is 6.12. The molecule has 456 valence electrons. The van der Waals surface area contributed by atoms with Crippen LogP contribution < -0.4 is 11.1 Å². The number of aryl methyl sites for hydroxylation is 6. The Kier molecular flexibility index (Phi) is 23.9. The first-order chi connectivity index (χ1) is 38.7. The van der Waals surface area contributed by atoms with Crippen molar-refractivity contribution < 1.29 is 14.4 Å². The first-order valence-corrected chi connectivity index (χ1v) is 30.9. The largest absolute Gasteiger partial charge is 0.299 e. The molecule has 3 aromatic heterocycles. The minimum atomic E-state index is -0.274. The molecule has 83 heavy (non-hydrogen) atoms. The van der Waals surface area contributed by atoms with Gasteiger partial charge in [-0.05, 0) is 177 Å². The second kappa shape index (κ2) is 28.0. The van der Waals surface area contributed by atoms with Gasteiger partial charge in [0.05, 0.1) is 11.3 Å². The van der Waals surface area contributed by atoms with Crippen molar-refractivity contribution in [3.8, 4) is 0 Å². The molecule has 0 saturated carbocycles. The number of aromatic nitrogens is 6. The maximum atomic E-state index is 13.3. The van der Waals surface area contributed by atoms with Gasteiger partial charge in [-0.25, -0.2) is 0 Å². The van der Waals surface area contributed by atoms with Crippen molar-refractivity contribution in [2.45, 2.75) is 218 Å². The fraction of sp³-hybridized carbons (Fsp3) is 0.556. The first-order valence-electron chi connectivity index (χ1n) is 30.9. The lowest BCUT2D eigenvalue weighted by Crippen LogP contribution is -2.34. The summed E-state index contributed by atoms with van der Waals surface area (Å²) in [5, 5.41) is 10.2. The maximum Gasteiger partial charge on any atom is 0.277 e. The molecule has 3 aliphatic rings. The third-order valence-electron chi connectivity index (χ3n) is 18.9. The van der Waals surface area contributed by atoms with E-state index in [1.165, 1.54) is 53.9 Å². The average molecular weight is 1140 g/mol. The Bertz CT molecular complexity index is 3480. The van der Waals surface area contributed by atoms with Crippen LogP contribution >= 0.6 is 0 Å². The normalized spacial score (nSPS) is 18.3. The van der Waals surface area contributed by atoms with Gasteiger partial charge in [-0.1, -0.05) is 167 Å². The predicted octanol–water partition coefficient (Wildman–Crippen LogP) is 16.8. The molecule has 0 spiro atoms. The molecule has 0 aliphatic heterocycles. The topological polar surface area (TPSA) is 145 Å². The summed E-state index contributed by atoms with van der Waals surface area (Å²) in [6.07, 6.45) is 3.06. The highest BCUT2D eigenvalue weighted by Gasteiger charge is 2.40. The number of hydrogen-bond donors (Lipinski definition) is 2. The number of rotatable bonds is 6. The van der Waals surface area contributed by atoms with Crippen molar-refractivity contribution in [3.05, 3.63) is 169 Å². The van der Waals surface area contributed by atoms with E-state index < -0.39 is 0 Å². The van der Waals surface area contributed by atoms with Crippen molar-refractivity contribution in [3.63, 3.8) is 0 Å². The fourth-order valence-corrected chi connectivity index (χ4v) is 13.2. The van der Waals surface area contributed by atoms with Crippen molar-refractivity contribution in [1.29, 1.82) is 0 Å². The van der Waals surface area contributed by atoms with E-state index >= 15 is 0 Å². The Hall–Kier alpha value is -6.36. The molecule has 0 radical (unpaired) electrons. The van der Waals surface area contributed by atoms with Crippen LogP contribution in [-0.4, -0.2) is 46.7 Å². The molecular formula is C72H108N6O5. The smallest absolute Gasteiger partial charge is 0.277 e. The molecule has 0 bridgehead atoms. The van der Waals surface area contributed by atoms with E-state index in [1.54, 1.807) is 32.6 Å². The third-order valence-corrected chi connectivity index (χ3v) is 18.9. The van der Waals surface area contributed by atoms with Crippen LogP contribution in [0.25, 0.3) is 5.57 Å². The summed E-state index contributed by atoms with van der Waals surface area (Å²) in [4.78, 5) is 64.1. The highest BCUT2D eigenvalue weighted by Crippen LogP contribution is 2.50. The number of carbonyl (C=O) groups is 3. The Morgan fingerprint density at radius 3 is 1.16 bits per heavy atom. The summed E-state index contributed by atoms with van der Waals surface area (Å²) in [7, 11) is 5.16. The molecule has 2 N–H and O–H groups in total. The summed E-state index contributed by atoms with van der Waals surface area (Å²) < 4.78 is 4.52. The van der Waals surface area contributed by atoms with E-state index in [0.717, 1.165) is 58.5 Å². The number of allylic oxidation sites excluding steroid dienone is 2. The van der Waals surface area contributed by atoms with Crippen LogP contribution in [0.4, 0.5) is 0 Å². The SMILES string of the molecule is CC.CC.CC.CC.CC1=C(C)C(C)(C)Cc2ccc(C(=O)c3c(C)[nH]n(C)c3=O)c(C)c21.Cc1[nH]n(C)c(=O)c1C(=O)c1ccc2c(c1C)C(C)C(C)C(C)(C)C2.Cc1nn(C)c(C)c1C(=O)c1ccc2c(c1C)C(C)C(C)C(C)(C)C2. The number of hydrogen-bond acceptors (Lipinski definition) is 6. The van der Waals surface area contributed by atoms with Gasteiger partial charge in [0.25, 0.3) is 11.1 Å². The van der Waals surface area contributed by atoms with E-state index in [-0.39, 0.29) is 50.4 Å². The molecule has 0 fully saturated rings. The number of aromatic amines is 2. The summed E-state index contributed by atoms with van der Waals surface area (Å²) in [6.45, 7) is 57.0. The molecule has 6 aromatic rings. The molecular weight excluding hydrogens is 1030 g/mol. The zero-order valence-electron chi connectivity index (χ0n) is 57.2. The Balaban J connectivity index is 0.000000307. The van der Waals surface area contributed by atoms with Crippen LogP contribution in [0.15, 0.2) is 51.6 Å². The van der Waals surface area contributed by atoms with Gasteiger partial charge in [-0.15, -0.1) is 0 Å². The number of benzene rings is 3. The minimum absolute atomic E-state index is 0.105. The van der Waals surface area contributed by atoms with Crippen molar-refractivity contribution in [2.24, 2.45) is 49.2 Å². The monoisotopic (exact) mass is 1140 g/mol. The number of carbonyl (C=O) groups excluding carboxylic acids is 3. The molecule has 0 saturated heterocycles. The van der Waals surface area contributed by atoms with Crippen LogP contribution in [0, 0.1) is 76.5 Å². The Labute approximate surface area is 500 Å². The summed E-state index contributed by atoms with van der Waals surface area (Å²) >= 11 is 0. The predicted molar refractivity (Wildman–Crippen MR) is 349 cm³/mol. The second-order valence-corrected chi connectivity index (χ2v) is 24.8. The summed E-state index contributed by atoms with van der Waals surface area (Å²) in [5.74, 6) is 1.70. The van der Waals surface area contributed by atoms with Gasteiger partial charge in [-0.2, -0.15) is 5.10 Å². The maximum absolute atomic E-state index is 13.3. The fourth-order valence-electron chi connectivity index (χ4n) is 13.2. The Morgan fingerprint density at radius 2 is 0.831 bits per heavy atom. The van der Waals surface area contributed by atoms with Gasteiger partial charge in [0, 0.05) is 54.9 Å². The lowest BCUT2D eigenvalue weighted by atomic mass is 9.62. The lowest BCUT2D eigenvalue weighted by Gasteiger charge is -2.43. The van der Waals surface area contributed by atoms with E-state index in [4.69, 9.17) is 0 Å². The molecule has 11 nitrogen and oxygen atoms in total. The zero-order chi connectivity index (χ0) is 64.0. The number of fused-ring (bicyclic) bond motifs is 3. The summed E-state index contributed by atoms with van der Waals surface area (Å²) in [5.41, 5.74) is 20.1. The molecule has 3 heterocycles. The van der Waals surface area contributed by atoms with Crippen LogP contribution in [0.5, 0.6) is 0 Å². The Morgan fingerprint density at radius 1 is 0.494 bits per heavy atom. The molecule has 3 aliphatic carbocycles.